The average Bonchev–Trinajstić information content (AvgIpc) is 2.72. The highest BCUT2D eigenvalue weighted by Crippen LogP contribution is 2.38. The molecule has 0 aromatic heterocycles. The molecule has 0 spiro atoms. The zero-order valence-electron chi connectivity index (χ0n) is 10.9. The van der Waals surface area contributed by atoms with Crippen molar-refractivity contribution < 1.29 is 9.50 Å². The molecule has 19 heavy (non-hydrogen) atoms. The molecule has 1 N–H and O–H groups in total. The molecule has 1 aromatic rings. The quantitative estimate of drug-likeness (QED) is 0.902. The monoisotopic (exact) mass is 327 g/mol. The zero-order valence-corrected chi connectivity index (χ0v) is 12.5. The molecule has 0 bridgehead atoms. The third kappa shape index (κ3) is 2.58. The minimum absolute atomic E-state index is 0.242. The lowest BCUT2D eigenvalue weighted by Gasteiger charge is -2.37. The standard InChI is InChI=1S/C15H19BrFNO/c16-13-9-12(17)5-4-11(13)10-15(19)6-8-18-7-2-1-3-14(15)18/h4-5,9,14,19H,1-3,6-8,10H2. The third-order valence-corrected chi connectivity index (χ3v) is 5.32. The number of piperidine rings is 1. The van der Waals surface area contributed by atoms with Gasteiger partial charge in [0.2, 0.25) is 0 Å². The molecule has 2 heterocycles. The first-order valence-electron chi connectivity index (χ1n) is 6.99. The van der Waals surface area contributed by atoms with Crippen LogP contribution in [0.5, 0.6) is 0 Å². The van der Waals surface area contributed by atoms with Crippen LogP contribution in [-0.4, -0.2) is 34.7 Å². The van der Waals surface area contributed by atoms with E-state index in [1.165, 1.54) is 25.0 Å². The largest absolute Gasteiger partial charge is 0.388 e. The van der Waals surface area contributed by atoms with Crippen LogP contribution >= 0.6 is 15.9 Å². The maximum absolute atomic E-state index is 13.1. The first-order chi connectivity index (χ1) is 9.08. The van der Waals surface area contributed by atoms with Crippen LogP contribution < -0.4 is 0 Å². The van der Waals surface area contributed by atoms with Gasteiger partial charge >= 0.3 is 0 Å². The summed E-state index contributed by atoms with van der Waals surface area (Å²) in [5.74, 6) is -0.242. The van der Waals surface area contributed by atoms with Crippen molar-refractivity contribution in [3.05, 3.63) is 34.1 Å². The Morgan fingerprint density at radius 2 is 2.21 bits per heavy atom. The first kappa shape index (κ1) is 13.5. The minimum Gasteiger partial charge on any atom is -0.388 e. The third-order valence-electron chi connectivity index (χ3n) is 4.58. The molecule has 0 radical (unpaired) electrons. The molecule has 2 atom stereocenters. The van der Waals surface area contributed by atoms with Gasteiger partial charge in [-0.05, 0) is 43.5 Å². The second-order valence-electron chi connectivity index (χ2n) is 5.81. The van der Waals surface area contributed by atoms with Crippen LogP contribution in [-0.2, 0) is 6.42 Å². The Balaban J connectivity index is 1.81. The van der Waals surface area contributed by atoms with Gasteiger partial charge in [-0.2, -0.15) is 0 Å². The summed E-state index contributed by atoms with van der Waals surface area (Å²) in [6, 6.07) is 5.00. The molecule has 2 saturated heterocycles. The van der Waals surface area contributed by atoms with Gasteiger partial charge in [0.05, 0.1) is 5.60 Å². The van der Waals surface area contributed by atoms with Crippen molar-refractivity contribution in [3.63, 3.8) is 0 Å². The van der Waals surface area contributed by atoms with Crippen molar-refractivity contribution >= 4 is 15.9 Å². The van der Waals surface area contributed by atoms with Crippen LogP contribution in [0.4, 0.5) is 4.39 Å². The van der Waals surface area contributed by atoms with Gasteiger partial charge in [0.15, 0.2) is 0 Å². The van der Waals surface area contributed by atoms with Crippen molar-refractivity contribution in [2.75, 3.05) is 13.1 Å². The van der Waals surface area contributed by atoms with E-state index in [4.69, 9.17) is 0 Å². The number of fused-ring (bicyclic) bond motifs is 1. The molecule has 2 fully saturated rings. The van der Waals surface area contributed by atoms with E-state index in [1.807, 2.05) is 0 Å². The average molecular weight is 328 g/mol. The minimum atomic E-state index is -0.652. The molecule has 3 rings (SSSR count). The van der Waals surface area contributed by atoms with Gasteiger partial charge in [-0.1, -0.05) is 28.4 Å². The molecule has 1 aromatic carbocycles. The lowest BCUT2D eigenvalue weighted by atomic mass is 9.84. The summed E-state index contributed by atoms with van der Waals surface area (Å²) < 4.78 is 13.9. The van der Waals surface area contributed by atoms with E-state index >= 15 is 0 Å². The molecule has 0 aliphatic carbocycles. The summed E-state index contributed by atoms with van der Waals surface area (Å²) in [6.45, 7) is 2.09. The number of hydrogen-bond acceptors (Lipinski definition) is 2. The Hall–Kier alpha value is -0.450. The van der Waals surface area contributed by atoms with Gasteiger partial charge in [-0.25, -0.2) is 4.39 Å². The Morgan fingerprint density at radius 1 is 1.37 bits per heavy atom. The van der Waals surface area contributed by atoms with E-state index in [0.29, 0.717) is 6.42 Å². The summed E-state index contributed by atoms with van der Waals surface area (Å²) in [5, 5.41) is 11.0. The maximum Gasteiger partial charge on any atom is 0.124 e. The number of aliphatic hydroxyl groups is 1. The zero-order chi connectivity index (χ0) is 13.5. The van der Waals surface area contributed by atoms with Crippen molar-refractivity contribution in [1.82, 2.24) is 4.90 Å². The number of hydrogen-bond donors (Lipinski definition) is 1. The van der Waals surface area contributed by atoms with Crippen molar-refractivity contribution in [2.45, 2.75) is 43.7 Å². The molecule has 2 aliphatic heterocycles. The highest BCUT2D eigenvalue weighted by atomic mass is 79.9. The molecule has 0 saturated carbocycles. The first-order valence-corrected chi connectivity index (χ1v) is 7.78. The fourth-order valence-corrected chi connectivity index (χ4v) is 4.06. The van der Waals surface area contributed by atoms with Crippen molar-refractivity contribution in [1.29, 1.82) is 0 Å². The van der Waals surface area contributed by atoms with E-state index in [9.17, 15) is 9.50 Å². The van der Waals surface area contributed by atoms with Crippen molar-refractivity contribution in [2.24, 2.45) is 0 Å². The van der Waals surface area contributed by atoms with E-state index in [2.05, 4.69) is 20.8 Å². The summed E-state index contributed by atoms with van der Waals surface area (Å²) in [7, 11) is 0. The Bertz CT molecular complexity index is 481. The molecule has 4 heteroatoms. The van der Waals surface area contributed by atoms with Crippen LogP contribution in [0.25, 0.3) is 0 Å². The maximum atomic E-state index is 13.1. The lowest BCUT2D eigenvalue weighted by Crippen LogP contribution is -2.48. The highest BCUT2D eigenvalue weighted by molar-refractivity contribution is 9.10. The summed E-state index contributed by atoms with van der Waals surface area (Å²) in [6.07, 6.45) is 4.95. The molecular weight excluding hydrogens is 309 g/mol. The predicted octanol–water partition coefficient (Wildman–Crippen LogP) is 3.12. The number of rotatable bonds is 2. The molecule has 104 valence electrons. The van der Waals surface area contributed by atoms with E-state index in [0.717, 1.165) is 36.0 Å². The molecule has 2 unspecified atom stereocenters. The molecule has 0 amide bonds. The number of nitrogens with zero attached hydrogens (tertiary/aromatic N) is 1. The molecular formula is C15H19BrFNO. The number of benzene rings is 1. The SMILES string of the molecule is OC1(Cc2ccc(F)cc2Br)CCN2CCCCC21. The second-order valence-corrected chi connectivity index (χ2v) is 6.67. The predicted molar refractivity (Wildman–Crippen MR) is 76.6 cm³/mol. The van der Waals surface area contributed by atoms with Gasteiger partial charge in [0, 0.05) is 23.5 Å². The summed E-state index contributed by atoms with van der Waals surface area (Å²) in [5.41, 5.74) is 0.345. The fourth-order valence-electron chi connectivity index (χ4n) is 3.57. The smallest absolute Gasteiger partial charge is 0.124 e. The van der Waals surface area contributed by atoms with E-state index < -0.39 is 5.60 Å². The Labute approximate surface area is 121 Å². The fraction of sp³-hybridized carbons (Fsp3) is 0.600. The van der Waals surface area contributed by atoms with Gasteiger partial charge in [-0.3, -0.25) is 4.90 Å². The molecule has 2 aliphatic rings. The van der Waals surface area contributed by atoms with Crippen LogP contribution in [0, 0.1) is 5.82 Å². The summed E-state index contributed by atoms with van der Waals surface area (Å²) >= 11 is 3.40. The lowest BCUT2D eigenvalue weighted by molar-refractivity contribution is -0.00899. The van der Waals surface area contributed by atoms with Gasteiger partial charge in [0.25, 0.3) is 0 Å². The van der Waals surface area contributed by atoms with E-state index in [-0.39, 0.29) is 11.9 Å². The van der Waals surface area contributed by atoms with Gasteiger partial charge < -0.3 is 5.11 Å². The Morgan fingerprint density at radius 3 is 3.00 bits per heavy atom. The van der Waals surface area contributed by atoms with E-state index in [1.54, 1.807) is 6.07 Å². The van der Waals surface area contributed by atoms with Crippen LogP contribution in [0.2, 0.25) is 0 Å². The van der Waals surface area contributed by atoms with Crippen LogP contribution in [0.1, 0.15) is 31.2 Å². The second kappa shape index (κ2) is 5.15. The van der Waals surface area contributed by atoms with Crippen LogP contribution in [0.3, 0.4) is 0 Å². The van der Waals surface area contributed by atoms with Crippen LogP contribution in [0.15, 0.2) is 22.7 Å². The number of halogens is 2. The van der Waals surface area contributed by atoms with Crippen molar-refractivity contribution in [3.8, 4) is 0 Å². The summed E-state index contributed by atoms with van der Waals surface area (Å²) in [4.78, 5) is 2.42. The normalized spacial score (nSPS) is 31.4. The van der Waals surface area contributed by atoms with Gasteiger partial charge in [0.1, 0.15) is 5.82 Å². The topological polar surface area (TPSA) is 23.5 Å². The molecule has 2 nitrogen and oxygen atoms in total. The highest BCUT2D eigenvalue weighted by Gasteiger charge is 2.46. The Kier molecular flexibility index (Phi) is 3.67. The van der Waals surface area contributed by atoms with Gasteiger partial charge in [-0.15, -0.1) is 0 Å².